The van der Waals surface area contributed by atoms with Crippen molar-refractivity contribution in [3.05, 3.63) is 59.2 Å². The number of carbonyl (C=O) groups is 2. The molecule has 1 aliphatic carbocycles. The van der Waals surface area contributed by atoms with Crippen molar-refractivity contribution in [2.75, 3.05) is 13.1 Å². The van der Waals surface area contributed by atoms with Crippen LogP contribution in [-0.4, -0.2) is 60.6 Å². The molecule has 0 radical (unpaired) electrons. The summed E-state index contributed by atoms with van der Waals surface area (Å²) in [4.78, 5) is 30.0. The number of hydrogen-bond donors (Lipinski definition) is 1. The van der Waals surface area contributed by atoms with Crippen LogP contribution in [0.1, 0.15) is 43.1 Å². The Balaban J connectivity index is 1.65. The zero-order chi connectivity index (χ0) is 27.7. The molecule has 38 heavy (non-hydrogen) atoms. The summed E-state index contributed by atoms with van der Waals surface area (Å²) in [6.45, 7) is 0.395. The van der Waals surface area contributed by atoms with Gasteiger partial charge in [-0.15, -0.1) is 0 Å². The van der Waals surface area contributed by atoms with Crippen molar-refractivity contribution in [3.63, 3.8) is 0 Å². The van der Waals surface area contributed by atoms with Gasteiger partial charge in [0.05, 0.1) is 23.2 Å². The molecule has 2 aromatic rings. The molecule has 14 heteroatoms. The van der Waals surface area contributed by atoms with Crippen LogP contribution in [0, 0.1) is 5.82 Å². The van der Waals surface area contributed by atoms with E-state index in [1.807, 2.05) is 0 Å². The van der Waals surface area contributed by atoms with Crippen LogP contribution < -0.4 is 5.43 Å². The number of hydrazine groups is 1. The van der Waals surface area contributed by atoms with Crippen LogP contribution in [0.15, 0.2) is 41.3 Å². The van der Waals surface area contributed by atoms with E-state index >= 15 is 0 Å². The normalized spacial score (nSPS) is 25.0. The Bertz CT molecular complexity index is 1410. The molecule has 3 atom stereocenters. The minimum atomic E-state index is -5.25. The maximum absolute atomic E-state index is 14.7. The predicted molar refractivity (Wildman–Crippen MR) is 122 cm³/mol. The molecule has 8 nitrogen and oxygen atoms in total. The molecule has 204 valence electrons. The summed E-state index contributed by atoms with van der Waals surface area (Å²) >= 11 is 0. The molecule has 3 aliphatic rings. The molecular weight excluding hydrogens is 535 g/mol. The van der Waals surface area contributed by atoms with Crippen LogP contribution >= 0.6 is 0 Å². The highest BCUT2D eigenvalue weighted by Crippen LogP contribution is 2.53. The fourth-order valence-electron chi connectivity index (χ4n) is 5.61. The Kier molecular flexibility index (Phi) is 5.97. The van der Waals surface area contributed by atoms with Crippen LogP contribution in [0.2, 0.25) is 0 Å². The number of carbonyl (C=O) groups excluding carboxylic acids is 2. The highest BCUT2D eigenvalue weighted by Gasteiger charge is 2.62. The molecule has 3 unspecified atom stereocenters. The largest absolute Gasteiger partial charge is 0.428 e. The Morgan fingerprint density at radius 1 is 1.08 bits per heavy atom. The van der Waals surface area contributed by atoms with Gasteiger partial charge < -0.3 is 4.90 Å². The molecule has 1 aromatic carbocycles. The maximum Gasteiger partial charge on any atom is 0.428 e. The van der Waals surface area contributed by atoms with Crippen molar-refractivity contribution in [2.24, 2.45) is 0 Å². The van der Waals surface area contributed by atoms with Gasteiger partial charge in [-0.05, 0) is 62.1 Å². The second-order valence-electron chi connectivity index (χ2n) is 9.76. The molecule has 2 saturated heterocycles. The van der Waals surface area contributed by atoms with Crippen molar-refractivity contribution >= 4 is 21.8 Å². The Morgan fingerprint density at radius 2 is 1.76 bits per heavy atom. The monoisotopic (exact) mass is 558 g/mol. The van der Waals surface area contributed by atoms with Gasteiger partial charge in [-0.2, -0.15) is 13.2 Å². The number of rotatable bonds is 3. The van der Waals surface area contributed by atoms with E-state index in [0.29, 0.717) is 6.92 Å². The molecule has 2 aliphatic heterocycles. The van der Waals surface area contributed by atoms with Crippen molar-refractivity contribution in [1.29, 1.82) is 0 Å². The van der Waals surface area contributed by atoms with Gasteiger partial charge in [0.25, 0.3) is 0 Å². The molecule has 1 aromatic heterocycles. The molecule has 3 amide bonds. The van der Waals surface area contributed by atoms with Crippen molar-refractivity contribution < 1.29 is 40.0 Å². The summed E-state index contributed by atoms with van der Waals surface area (Å²) < 4.78 is 95.1. The first-order chi connectivity index (χ1) is 17.7. The van der Waals surface area contributed by atoms with Crippen LogP contribution in [-0.2, 0) is 31.5 Å². The number of halogens is 5. The first kappa shape index (κ1) is 26.3. The quantitative estimate of drug-likeness (QED) is 0.459. The van der Waals surface area contributed by atoms with Gasteiger partial charge in [0, 0.05) is 18.7 Å². The lowest BCUT2D eigenvalue weighted by Crippen LogP contribution is -2.56. The smallest absolute Gasteiger partial charge is 0.318 e. The second kappa shape index (κ2) is 8.61. The Hall–Kier alpha value is -3.29. The van der Waals surface area contributed by atoms with E-state index in [4.69, 9.17) is 0 Å². The van der Waals surface area contributed by atoms with Gasteiger partial charge in [0.2, 0.25) is 11.6 Å². The summed E-state index contributed by atoms with van der Waals surface area (Å²) in [6.07, 6.45) is -5.31. The standard InChI is InChI=1S/C24H23F5N4O4S/c1-22(26,24(27,28)29)18-8-6-16-17(30-18)7-9-19-23(16,38(36,37)15-4-2-14(25)3-5-15)11-13-32(19)21(35)33-12-10-20(34)31-33/h2-6,8,19H,7,9-13H2,1H3,(H,31,34). The third-order valence-electron chi connectivity index (χ3n) is 7.64. The topological polar surface area (TPSA) is 99.7 Å². The average molecular weight is 559 g/mol. The number of aryl methyl sites for hydroxylation is 1. The van der Waals surface area contributed by atoms with Gasteiger partial charge in [-0.3, -0.25) is 15.2 Å². The molecule has 3 heterocycles. The number of aromatic nitrogens is 1. The summed E-state index contributed by atoms with van der Waals surface area (Å²) in [5.41, 5.74) is -2.19. The highest BCUT2D eigenvalue weighted by molar-refractivity contribution is 7.92. The Labute approximate surface area is 214 Å². The third kappa shape index (κ3) is 3.75. The lowest BCUT2D eigenvalue weighted by molar-refractivity contribution is -0.230. The van der Waals surface area contributed by atoms with E-state index in [2.05, 4.69) is 10.4 Å². The van der Waals surface area contributed by atoms with Crippen molar-refractivity contribution in [1.82, 2.24) is 20.3 Å². The van der Waals surface area contributed by atoms with Crippen LogP contribution in [0.3, 0.4) is 0 Å². The molecule has 0 spiro atoms. The number of nitrogens with one attached hydrogen (secondary N) is 1. The number of hydrogen-bond acceptors (Lipinski definition) is 5. The number of pyridine rings is 1. The summed E-state index contributed by atoms with van der Waals surface area (Å²) in [5.74, 6) is -1.04. The number of nitrogens with zero attached hydrogens (tertiary/aromatic N) is 3. The number of alkyl halides is 4. The highest BCUT2D eigenvalue weighted by atomic mass is 32.2. The van der Waals surface area contributed by atoms with Crippen LogP contribution in [0.5, 0.6) is 0 Å². The van der Waals surface area contributed by atoms with E-state index in [-0.39, 0.29) is 60.8 Å². The fraction of sp³-hybridized carbons (Fsp3) is 0.458. The molecule has 1 N–H and O–H groups in total. The zero-order valence-corrected chi connectivity index (χ0v) is 20.9. The molecule has 0 bridgehead atoms. The van der Waals surface area contributed by atoms with Gasteiger partial charge in [0.15, 0.2) is 9.84 Å². The number of fused-ring (bicyclic) bond motifs is 3. The molecule has 2 fully saturated rings. The van der Waals surface area contributed by atoms with E-state index in [9.17, 15) is 40.0 Å². The first-order valence-electron chi connectivity index (χ1n) is 11.8. The third-order valence-corrected chi connectivity index (χ3v) is 10.2. The van der Waals surface area contributed by atoms with Gasteiger partial charge in [-0.1, -0.05) is 6.07 Å². The number of amides is 3. The van der Waals surface area contributed by atoms with E-state index in [1.54, 1.807) is 0 Å². The van der Waals surface area contributed by atoms with E-state index < -0.39 is 50.0 Å². The predicted octanol–water partition coefficient (Wildman–Crippen LogP) is 3.51. The van der Waals surface area contributed by atoms with E-state index in [0.717, 1.165) is 41.4 Å². The number of likely N-dealkylation sites (tertiary alicyclic amines) is 1. The van der Waals surface area contributed by atoms with E-state index in [1.165, 1.54) is 4.90 Å². The van der Waals surface area contributed by atoms with Crippen LogP contribution in [0.4, 0.5) is 26.7 Å². The van der Waals surface area contributed by atoms with Gasteiger partial charge in [0.1, 0.15) is 10.6 Å². The first-order valence-corrected chi connectivity index (χ1v) is 13.3. The fourth-order valence-corrected chi connectivity index (χ4v) is 7.96. The molecular formula is C24H23F5N4O4S. The summed E-state index contributed by atoms with van der Waals surface area (Å²) in [7, 11) is -4.39. The summed E-state index contributed by atoms with van der Waals surface area (Å²) in [6, 6.07) is 4.49. The van der Waals surface area contributed by atoms with Crippen molar-refractivity contribution in [3.8, 4) is 0 Å². The van der Waals surface area contributed by atoms with Crippen LogP contribution in [0.25, 0.3) is 0 Å². The summed E-state index contributed by atoms with van der Waals surface area (Å²) in [5, 5.41) is 1.09. The SMILES string of the molecule is CC(F)(c1ccc2c(n1)CCC1N(C(=O)N3CCC(=O)N3)CCC21S(=O)(=O)c1ccc(F)cc1)C(F)(F)F. The minimum absolute atomic E-state index is 0.00637. The molecule has 0 saturated carbocycles. The van der Waals surface area contributed by atoms with Gasteiger partial charge >= 0.3 is 12.2 Å². The van der Waals surface area contributed by atoms with Gasteiger partial charge in [-0.25, -0.2) is 27.0 Å². The lowest BCUT2D eigenvalue weighted by Gasteiger charge is -2.42. The maximum atomic E-state index is 14.7. The number of urea groups is 1. The van der Waals surface area contributed by atoms with Crippen molar-refractivity contribution in [2.45, 2.75) is 60.1 Å². The average Bonchev–Trinajstić information content (AvgIpc) is 3.47. The lowest BCUT2D eigenvalue weighted by atomic mass is 9.80. The zero-order valence-electron chi connectivity index (χ0n) is 20.1. The number of sulfone groups is 1. The Morgan fingerprint density at radius 3 is 2.37 bits per heavy atom. The second-order valence-corrected chi connectivity index (χ2v) is 12.0. The number of benzene rings is 1. The molecule has 5 rings (SSSR count). The minimum Gasteiger partial charge on any atom is -0.318 e.